The predicted molar refractivity (Wildman–Crippen MR) is 74.9 cm³/mol. The molecule has 3 heteroatoms. The van der Waals surface area contributed by atoms with Gasteiger partial charge in [-0.15, -0.1) is 0 Å². The smallest absolute Gasteiger partial charge is 0.253 e. The van der Waals surface area contributed by atoms with E-state index in [0.29, 0.717) is 6.04 Å². The first-order valence-electron chi connectivity index (χ1n) is 7.08. The van der Waals surface area contributed by atoms with Crippen LogP contribution in [0.1, 0.15) is 38.2 Å². The standard InChI is InChI=1S/C15H24N2O/c1-12-6-3-4-8-14(12)16-9-11-17-10-5-7-13(2)15(17)18/h5,7,10,12,14,16H,3-4,6,8-9,11H2,1-2H3. The molecule has 1 fully saturated rings. The van der Waals surface area contributed by atoms with E-state index in [2.05, 4.69) is 12.2 Å². The fourth-order valence-corrected chi connectivity index (χ4v) is 2.82. The van der Waals surface area contributed by atoms with Crippen LogP contribution >= 0.6 is 0 Å². The van der Waals surface area contributed by atoms with Crippen molar-refractivity contribution in [1.82, 2.24) is 9.88 Å². The fraction of sp³-hybridized carbons (Fsp3) is 0.667. The Balaban J connectivity index is 1.85. The van der Waals surface area contributed by atoms with Crippen molar-refractivity contribution < 1.29 is 0 Å². The Morgan fingerprint density at radius 3 is 2.94 bits per heavy atom. The van der Waals surface area contributed by atoms with Gasteiger partial charge in [-0.2, -0.15) is 0 Å². The summed E-state index contributed by atoms with van der Waals surface area (Å²) in [6.07, 6.45) is 7.20. The number of nitrogens with one attached hydrogen (secondary N) is 1. The van der Waals surface area contributed by atoms with Gasteiger partial charge in [-0.05, 0) is 31.7 Å². The molecule has 0 bridgehead atoms. The Labute approximate surface area is 109 Å². The molecule has 0 amide bonds. The monoisotopic (exact) mass is 248 g/mol. The van der Waals surface area contributed by atoms with Gasteiger partial charge < -0.3 is 9.88 Å². The third kappa shape index (κ3) is 3.22. The molecule has 1 aliphatic rings. The lowest BCUT2D eigenvalue weighted by Crippen LogP contribution is -2.39. The summed E-state index contributed by atoms with van der Waals surface area (Å²) in [5.74, 6) is 0.771. The Hall–Kier alpha value is -1.09. The van der Waals surface area contributed by atoms with Crippen LogP contribution in [0.3, 0.4) is 0 Å². The summed E-state index contributed by atoms with van der Waals surface area (Å²) >= 11 is 0. The molecule has 1 heterocycles. The fourth-order valence-electron chi connectivity index (χ4n) is 2.82. The number of hydrogen-bond acceptors (Lipinski definition) is 2. The zero-order chi connectivity index (χ0) is 13.0. The minimum atomic E-state index is 0.135. The lowest BCUT2D eigenvalue weighted by atomic mass is 9.86. The second-order valence-corrected chi connectivity index (χ2v) is 5.51. The average molecular weight is 248 g/mol. The summed E-state index contributed by atoms with van der Waals surface area (Å²) < 4.78 is 1.80. The highest BCUT2D eigenvalue weighted by atomic mass is 16.1. The zero-order valence-electron chi connectivity index (χ0n) is 11.5. The van der Waals surface area contributed by atoms with Crippen LogP contribution in [0.5, 0.6) is 0 Å². The molecule has 0 aromatic carbocycles. The zero-order valence-corrected chi connectivity index (χ0v) is 11.5. The largest absolute Gasteiger partial charge is 0.314 e. The number of nitrogens with zero attached hydrogens (tertiary/aromatic N) is 1. The maximum absolute atomic E-state index is 11.9. The molecule has 2 unspecified atom stereocenters. The summed E-state index contributed by atoms with van der Waals surface area (Å²) in [4.78, 5) is 11.9. The Kier molecular flexibility index (Phi) is 4.59. The summed E-state index contributed by atoms with van der Waals surface area (Å²) in [6.45, 7) is 5.85. The molecule has 2 atom stereocenters. The van der Waals surface area contributed by atoms with Crippen LogP contribution in [0.4, 0.5) is 0 Å². The topological polar surface area (TPSA) is 34.0 Å². The molecule has 1 saturated carbocycles. The van der Waals surface area contributed by atoms with Gasteiger partial charge >= 0.3 is 0 Å². The van der Waals surface area contributed by atoms with E-state index in [1.165, 1.54) is 25.7 Å². The lowest BCUT2D eigenvalue weighted by molar-refractivity contribution is 0.278. The van der Waals surface area contributed by atoms with Crippen molar-refractivity contribution in [3.63, 3.8) is 0 Å². The molecule has 0 radical (unpaired) electrons. The summed E-state index contributed by atoms with van der Waals surface area (Å²) in [5, 5.41) is 3.61. The van der Waals surface area contributed by atoms with Crippen molar-refractivity contribution in [2.75, 3.05) is 6.54 Å². The van der Waals surface area contributed by atoms with E-state index in [-0.39, 0.29) is 5.56 Å². The van der Waals surface area contributed by atoms with E-state index < -0.39 is 0 Å². The first kappa shape index (κ1) is 13.3. The highest BCUT2D eigenvalue weighted by Crippen LogP contribution is 2.23. The van der Waals surface area contributed by atoms with Crippen LogP contribution in [-0.2, 0) is 6.54 Å². The van der Waals surface area contributed by atoms with E-state index in [9.17, 15) is 4.79 Å². The first-order chi connectivity index (χ1) is 8.68. The second-order valence-electron chi connectivity index (χ2n) is 5.51. The molecule has 0 aliphatic heterocycles. The Morgan fingerprint density at radius 1 is 1.39 bits per heavy atom. The molecule has 1 N–H and O–H groups in total. The van der Waals surface area contributed by atoms with Gasteiger partial charge in [-0.1, -0.05) is 25.8 Å². The summed E-state index contributed by atoms with van der Waals surface area (Å²) in [5.41, 5.74) is 0.958. The highest BCUT2D eigenvalue weighted by molar-refractivity contribution is 5.07. The third-order valence-electron chi connectivity index (χ3n) is 4.08. The van der Waals surface area contributed by atoms with Crippen LogP contribution in [0, 0.1) is 12.8 Å². The number of aryl methyl sites for hydroxylation is 1. The number of pyridine rings is 1. The van der Waals surface area contributed by atoms with Gasteiger partial charge in [0.05, 0.1) is 0 Å². The molecule has 1 aliphatic carbocycles. The van der Waals surface area contributed by atoms with Gasteiger partial charge in [-0.3, -0.25) is 4.79 Å². The van der Waals surface area contributed by atoms with Crippen molar-refractivity contribution in [1.29, 1.82) is 0 Å². The van der Waals surface area contributed by atoms with Gasteiger partial charge in [0.1, 0.15) is 0 Å². The van der Waals surface area contributed by atoms with Crippen LogP contribution in [0.25, 0.3) is 0 Å². The van der Waals surface area contributed by atoms with E-state index >= 15 is 0 Å². The molecule has 2 rings (SSSR count). The molecular weight excluding hydrogens is 224 g/mol. The quantitative estimate of drug-likeness (QED) is 0.887. The lowest BCUT2D eigenvalue weighted by Gasteiger charge is -2.29. The molecule has 1 aromatic heterocycles. The minimum absolute atomic E-state index is 0.135. The van der Waals surface area contributed by atoms with Crippen molar-refractivity contribution in [2.45, 2.75) is 52.1 Å². The number of rotatable bonds is 4. The number of aromatic nitrogens is 1. The molecule has 3 nitrogen and oxygen atoms in total. The third-order valence-corrected chi connectivity index (χ3v) is 4.08. The first-order valence-corrected chi connectivity index (χ1v) is 7.08. The van der Waals surface area contributed by atoms with Gasteiger partial charge in [0.15, 0.2) is 0 Å². The van der Waals surface area contributed by atoms with E-state index in [4.69, 9.17) is 0 Å². The van der Waals surface area contributed by atoms with Gasteiger partial charge in [0, 0.05) is 30.9 Å². The maximum Gasteiger partial charge on any atom is 0.253 e. The van der Waals surface area contributed by atoms with Crippen LogP contribution < -0.4 is 10.9 Å². The molecular formula is C15H24N2O. The van der Waals surface area contributed by atoms with Crippen LogP contribution in [0.15, 0.2) is 23.1 Å². The van der Waals surface area contributed by atoms with E-state index in [0.717, 1.165) is 24.6 Å². The second kappa shape index (κ2) is 6.19. The van der Waals surface area contributed by atoms with Gasteiger partial charge in [0.2, 0.25) is 0 Å². The molecule has 18 heavy (non-hydrogen) atoms. The van der Waals surface area contributed by atoms with E-state index in [1.807, 2.05) is 25.3 Å². The molecule has 0 saturated heterocycles. The van der Waals surface area contributed by atoms with E-state index in [1.54, 1.807) is 4.57 Å². The normalized spacial score (nSPS) is 24.1. The average Bonchev–Trinajstić information content (AvgIpc) is 2.37. The molecule has 100 valence electrons. The van der Waals surface area contributed by atoms with Crippen molar-refractivity contribution >= 4 is 0 Å². The molecule has 0 spiro atoms. The Bertz CT molecular complexity index is 438. The summed E-state index contributed by atoms with van der Waals surface area (Å²) in [7, 11) is 0. The van der Waals surface area contributed by atoms with Crippen molar-refractivity contribution in [3.8, 4) is 0 Å². The number of hydrogen-bond donors (Lipinski definition) is 1. The van der Waals surface area contributed by atoms with Crippen molar-refractivity contribution in [2.24, 2.45) is 5.92 Å². The van der Waals surface area contributed by atoms with Crippen LogP contribution in [0.2, 0.25) is 0 Å². The van der Waals surface area contributed by atoms with Gasteiger partial charge in [0.25, 0.3) is 5.56 Å². The maximum atomic E-state index is 11.9. The Morgan fingerprint density at radius 2 is 2.17 bits per heavy atom. The van der Waals surface area contributed by atoms with Crippen molar-refractivity contribution in [3.05, 3.63) is 34.2 Å². The van der Waals surface area contributed by atoms with Crippen LogP contribution in [-0.4, -0.2) is 17.2 Å². The summed E-state index contributed by atoms with van der Waals surface area (Å²) in [6, 6.07) is 4.45. The predicted octanol–water partition coefficient (Wildman–Crippen LogP) is 2.33. The van der Waals surface area contributed by atoms with Gasteiger partial charge in [-0.25, -0.2) is 0 Å². The molecule has 1 aromatic rings. The highest BCUT2D eigenvalue weighted by Gasteiger charge is 2.20. The SMILES string of the molecule is Cc1cccn(CCNC2CCCCC2C)c1=O. The minimum Gasteiger partial charge on any atom is -0.314 e.